The Kier molecular flexibility index (Phi) is 2.71. The van der Waals surface area contributed by atoms with Crippen molar-refractivity contribution in [3.05, 3.63) is 17.3 Å². The maximum atomic E-state index is 10.3. The molecule has 0 aliphatic carbocycles. The molecule has 0 unspecified atom stereocenters. The molecule has 0 bridgehead atoms. The number of halogens is 1. The zero-order valence-corrected chi connectivity index (χ0v) is 7.47. The smallest absolute Gasteiger partial charge is 0.292 e. The van der Waals surface area contributed by atoms with Gasteiger partial charge in [0.1, 0.15) is 6.26 Å². The van der Waals surface area contributed by atoms with Crippen LogP contribution in [0.15, 0.2) is 10.7 Å². The Morgan fingerprint density at radius 1 is 1.67 bits per heavy atom. The summed E-state index contributed by atoms with van der Waals surface area (Å²) in [6, 6.07) is 0. The van der Waals surface area contributed by atoms with Crippen molar-refractivity contribution in [1.82, 2.24) is 4.98 Å². The summed E-state index contributed by atoms with van der Waals surface area (Å²) in [5.74, 6) is -0.379. The van der Waals surface area contributed by atoms with E-state index in [1.54, 1.807) is 0 Å². The van der Waals surface area contributed by atoms with E-state index >= 15 is 0 Å². The van der Waals surface area contributed by atoms with Crippen LogP contribution >= 0.6 is 11.6 Å². The van der Waals surface area contributed by atoms with Crippen LogP contribution in [0.2, 0.25) is 5.35 Å². The van der Waals surface area contributed by atoms with Gasteiger partial charge in [0, 0.05) is 6.42 Å². The van der Waals surface area contributed by atoms with Crippen molar-refractivity contribution in [2.24, 2.45) is 0 Å². The zero-order chi connectivity index (χ0) is 9.19. The lowest BCUT2D eigenvalue weighted by Gasteiger charge is -1.91. The molecular formula is C5H6ClNO4S. The summed E-state index contributed by atoms with van der Waals surface area (Å²) >= 11 is 5.32. The van der Waals surface area contributed by atoms with E-state index < -0.39 is 10.1 Å². The molecule has 0 spiro atoms. The Morgan fingerprint density at radius 3 is 2.75 bits per heavy atom. The van der Waals surface area contributed by atoms with E-state index in [4.69, 9.17) is 16.2 Å². The van der Waals surface area contributed by atoms with E-state index in [0.717, 1.165) is 0 Å². The number of rotatable bonds is 3. The van der Waals surface area contributed by atoms with Crippen LogP contribution in [0.4, 0.5) is 0 Å². The normalized spacial score (nSPS) is 11.8. The first-order chi connectivity index (χ1) is 5.47. The fourth-order valence-corrected chi connectivity index (χ4v) is 1.25. The standard InChI is InChI=1S/C5H6ClNO4S/c6-5-7-4(3-11-5)1-2-12(8,9)10/h3H,1-2H2,(H,8,9,10). The molecule has 68 valence electrons. The Bertz CT molecular complexity index is 357. The molecule has 1 aromatic rings. The van der Waals surface area contributed by atoms with Crippen molar-refractivity contribution in [2.75, 3.05) is 5.75 Å². The predicted molar refractivity (Wildman–Crippen MR) is 41.6 cm³/mol. The minimum Gasteiger partial charge on any atom is -0.436 e. The largest absolute Gasteiger partial charge is 0.436 e. The minimum absolute atomic E-state index is 0.0414. The van der Waals surface area contributed by atoms with Crippen LogP contribution in [0.1, 0.15) is 5.69 Å². The lowest BCUT2D eigenvalue weighted by atomic mass is 10.4. The SMILES string of the molecule is O=S(=O)(O)CCc1coc(Cl)n1. The highest BCUT2D eigenvalue weighted by Gasteiger charge is 2.07. The van der Waals surface area contributed by atoms with Crippen molar-refractivity contribution in [3.8, 4) is 0 Å². The topological polar surface area (TPSA) is 80.4 Å². The highest BCUT2D eigenvalue weighted by Crippen LogP contribution is 2.08. The fourth-order valence-electron chi connectivity index (χ4n) is 0.631. The van der Waals surface area contributed by atoms with Gasteiger partial charge in [0.15, 0.2) is 0 Å². The highest BCUT2D eigenvalue weighted by molar-refractivity contribution is 7.85. The van der Waals surface area contributed by atoms with Crippen LogP contribution in [0, 0.1) is 0 Å². The maximum Gasteiger partial charge on any atom is 0.292 e. The van der Waals surface area contributed by atoms with Crippen LogP contribution in [-0.4, -0.2) is 23.7 Å². The number of nitrogens with zero attached hydrogens (tertiary/aromatic N) is 1. The fraction of sp³-hybridized carbons (Fsp3) is 0.400. The van der Waals surface area contributed by atoms with Gasteiger partial charge < -0.3 is 4.42 Å². The molecular weight excluding hydrogens is 206 g/mol. The first kappa shape index (κ1) is 9.50. The summed E-state index contributed by atoms with van der Waals surface area (Å²) in [6.07, 6.45) is 1.34. The van der Waals surface area contributed by atoms with Gasteiger partial charge in [-0.1, -0.05) is 0 Å². The second-order valence-electron chi connectivity index (χ2n) is 2.13. The first-order valence-corrected chi connectivity index (χ1v) is 5.01. The number of hydrogen-bond donors (Lipinski definition) is 1. The van der Waals surface area contributed by atoms with Crippen molar-refractivity contribution in [1.29, 1.82) is 0 Å². The lowest BCUT2D eigenvalue weighted by molar-refractivity contribution is 0.482. The molecule has 0 radical (unpaired) electrons. The van der Waals surface area contributed by atoms with Gasteiger partial charge in [0.05, 0.1) is 11.4 Å². The molecule has 1 rings (SSSR count). The van der Waals surface area contributed by atoms with E-state index in [2.05, 4.69) is 9.40 Å². The molecule has 1 aromatic heterocycles. The molecule has 0 aliphatic rings. The van der Waals surface area contributed by atoms with Gasteiger partial charge in [0.2, 0.25) is 0 Å². The summed E-state index contributed by atoms with van der Waals surface area (Å²) in [5.41, 5.74) is 0.401. The summed E-state index contributed by atoms with van der Waals surface area (Å²) in [5, 5.41) is -0.0414. The van der Waals surface area contributed by atoms with E-state index in [1.807, 2.05) is 0 Å². The molecule has 0 saturated heterocycles. The third-order valence-corrected chi connectivity index (χ3v) is 2.03. The van der Waals surface area contributed by atoms with Crippen LogP contribution in [-0.2, 0) is 16.5 Å². The number of aryl methyl sites for hydroxylation is 1. The molecule has 1 N–H and O–H groups in total. The van der Waals surface area contributed by atoms with Gasteiger partial charge in [-0.2, -0.15) is 8.42 Å². The Morgan fingerprint density at radius 2 is 2.33 bits per heavy atom. The van der Waals surface area contributed by atoms with E-state index in [1.165, 1.54) is 6.26 Å². The van der Waals surface area contributed by atoms with Crippen LogP contribution in [0.3, 0.4) is 0 Å². The molecule has 7 heteroatoms. The van der Waals surface area contributed by atoms with Crippen molar-refractivity contribution in [2.45, 2.75) is 6.42 Å². The van der Waals surface area contributed by atoms with Crippen molar-refractivity contribution < 1.29 is 17.4 Å². The average molecular weight is 212 g/mol. The number of oxazole rings is 1. The molecule has 0 atom stereocenters. The Hall–Kier alpha value is -0.590. The van der Waals surface area contributed by atoms with E-state index in [0.29, 0.717) is 5.69 Å². The zero-order valence-electron chi connectivity index (χ0n) is 5.90. The van der Waals surface area contributed by atoms with E-state index in [-0.39, 0.29) is 17.5 Å². The van der Waals surface area contributed by atoms with Gasteiger partial charge in [-0.25, -0.2) is 4.98 Å². The Balaban J connectivity index is 2.55. The molecule has 0 aromatic carbocycles. The molecule has 0 amide bonds. The lowest BCUT2D eigenvalue weighted by Crippen LogP contribution is -2.06. The third-order valence-electron chi connectivity index (χ3n) is 1.14. The predicted octanol–water partition coefficient (Wildman–Crippen LogP) is 0.758. The average Bonchev–Trinajstić information content (AvgIpc) is 2.30. The summed E-state index contributed by atoms with van der Waals surface area (Å²) in [7, 11) is -3.94. The molecule has 1 heterocycles. The minimum atomic E-state index is -3.94. The first-order valence-electron chi connectivity index (χ1n) is 3.02. The van der Waals surface area contributed by atoms with Gasteiger partial charge in [-0.15, -0.1) is 0 Å². The molecule has 5 nitrogen and oxygen atoms in total. The maximum absolute atomic E-state index is 10.3. The summed E-state index contributed by atoms with van der Waals surface area (Å²) in [4.78, 5) is 3.64. The third kappa shape index (κ3) is 3.21. The summed E-state index contributed by atoms with van der Waals surface area (Å²) < 4.78 is 33.5. The monoisotopic (exact) mass is 211 g/mol. The van der Waals surface area contributed by atoms with Crippen LogP contribution in [0.5, 0.6) is 0 Å². The molecule has 0 aliphatic heterocycles. The van der Waals surface area contributed by atoms with Gasteiger partial charge in [-0.3, -0.25) is 4.55 Å². The van der Waals surface area contributed by atoms with Gasteiger partial charge in [0.25, 0.3) is 15.5 Å². The molecule has 0 fully saturated rings. The van der Waals surface area contributed by atoms with E-state index in [9.17, 15) is 8.42 Å². The number of hydrogen-bond acceptors (Lipinski definition) is 4. The van der Waals surface area contributed by atoms with Gasteiger partial charge >= 0.3 is 0 Å². The summed E-state index contributed by atoms with van der Waals surface area (Å²) in [6.45, 7) is 0. The Labute approximate surface area is 74.1 Å². The van der Waals surface area contributed by atoms with Gasteiger partial charge in [-0.05, 0) is 11.6 Å². The van der Waals surface area contributed by atoms with Crippen LogP contribution in [0.25, 0.3) is 0 Å². The van der Waals surface area contributed by atoms with Crippen molar-refractivity contribution >= 4 is 21.7 Å². The molecule has 0 saturated carbocycles. The highest BCUT2D eigenvalue weighted by atomic mass is 35.5. The quantitative estimate of drug-likeness (QED) is 0.747. The van der Waals surface area contributed by atoms with Crippen molar-refractivity contribution in [3.63, 3.8) is 0 Å². The second kappa shape index (κ2) is 3.42. The number of aromatic nitrogens is 1. The van der Waals surface area contributed by atoms with Crippen LogP contribution < -0.4 is 0 Å². The second-order valence-corrected chi connectivity index (χ2v) is 4.02. The molecule has 12 heavy (non-hydrogen) atoms.